The summed E-state index contributed by atoms with van der Waals surface area (Å²) in [5.41, 5.74) is -0.806. The molecule has 1 aliphatic rings. The number of nitrogens with one attached hydrogen (secondary N) is 2. The zero-order valence-electron chi connectivity index (χ0n) is 8.44. The zero-order chi connectivity index (χ0) is 12.6. The van der Waals surface area contributed by atoms with E-state index in [1.807, 2.05) is 0 Å². The molecule has 0 bridgehead atoms. The van der Waals surface area contributed by atoms with Crippen LogP contribution >= 0.6 is 11.6 Å². The van der Waals surface area contributed by atoms with Crippen LogP contribution in [-0.4, -0.2) is 12.6 Å². The molecule has 0 radical (unpaired) electrons. The molecule has 3 nitrogen and oxygen atoms in total. The molecule has 0 unspecified atom stereocenters. The fraction of sp³-hybridized carbons (Fsp3) is 0.300. The van der Waals surface area contributed by atoms with Gasteiger partial charge in [0.2, 0.25) is 0 Å². The number of benzene rings is 1. The predicted molar refractivity (Wildman–Crippen MR) is 55.7 cm³/mol. The van der Waals surface area contributed by atoms with Gasteiger partial charge in [-0.25, -0.2) is 4.79 Å². The second-order valence-corrected chi connectivity index (χ2v) is 4.07. The van der Waals surface area contributed by atoms with E-state index in [9.17, 15) is 18.0 Å². The number of urea groups is 1. The van der Waals surface area contributed by atoms with E-state index in [2.05, 4.69) is 10.6 Å². The highest BCUT2D eigenvalue weighted by molar-refractivity contribution is 6.30. The standard InChI is InChI=1S/C10H8ClF3N2O/c11-5-1-2-6(7(3-5)10(12,13)14)8-4-15-9(17)16-8/h1-3,8H,4H2,(H2,15,16,17)/t8-/m1/s1. The van der Waals surface area contributed by atoms with Crippen molar-refractivity contribution < 1.29 is 18.0 Å². The van der Waals surface area contributed by atoms with Gasteiger partial charge in [0.05, 0.1) is 11.6 Å². The largest absolute Gasteiger partial charge is 0.416 e. The normalized spacial score (nSPS) is 20.0. The third-order valence-corrected chi connectivity index (χ3v) is 2.70. The van der Waals surface area contributed by atoms with E-state index >= 15 is 0 Å². The maximum atomic E-state index is 12.8. The number of hydrogen-bond acceptors (Lipinski definition) is 1. The summed E-state index contributed by atoms with van der Waals surface area (Å²) in [7, 11) is 0. The van der Waals surface area contributed by atoms with Crippen molar-refractivity contribution in [2.45, 2.75) is 12.2 Å². The van der Waals surface area contributed by atoms with Gasteiger partial charge in [0.25, 0.3) is 0 Å². The highest BCUT2D eigenvalue weighted by atomic mass is 35.5. The molecule has 7 heteroatoms. The summed E-state index contributed by atoms with van der Waals surface area (Å²) < 4.78 is 38.4. The van der Waals surface area contributed by atoms with Crippen LogP contribution in [0.5, 0.6) is 0 Å². The maximum absolute atomic E-state index is 12.8. The quantitative estimate of drug-likeness (QED) is 0.804. The van der Waals surface area contributed by atoms with Crippen LogP contribution < -0.4 is 10.6 Å². The first-order chi connectivity index (χ1) is 7.88. The SMILES string of the molecule is O=C1NC[C@H](c2ccc(Cl)cc2C(F)(F)F)N1. The molecule has 17 heavy (non-hydrogen) atoms. The predicted octanol–water partition coefficient (Wildman–Crippen LogP) is 2.71. The van der Waals surface area contributed by atoms with E-state index in [4.69, 9.17) is 11.6 Å². The van der Waals surface area contributed by atoms with Gasteiger partial charge >= 0.3 is 12.2 Å². The molecule has 1 fully saturated rings. The van der Waals surface area contributed by atoms with E-state index in [-0.39, 0.29) is 17.1 Å². The fourth-order valence-corrected chi connectivity index (χ4v) is 1.89. The molecule has 0 spiro atoms. The minimum atomic E-state index is -4.49. The molecule has 1 aromatic carbocycles. The van der Waals surface area contributed by atoms with Crippen molar-refractivity contribution in [1.82, 2.24) is 10.6 Å². The fourth-order valence-electron chi connectivity index (χ4n) is 1.72. The lowest BCUT2D eigenvalue weighted by atomic mass is 10.0. The van der Waals surface area contributed by atoms with Crippen LogP contribution in [0.3, 0.4) is 0 Å². The van der Waals surface area contributed by atoms with Crippen LogP contribution in [0.15, 0.2) is 18.2 Å². The minimum absolute atomic E-state index is 0.0124. The van der Waals surface area contributed by atoms with Crippen molar-refractivity contribution in [2.24, 2.45) is 0 Å². The second kappa shape index (κ2) is 4.10. The molecule has 92 valence electrons. The van der Waals surface area contributed by atoms with Crippen LogP contribution in [-0.2, 0) is 6.18 Å². The van der Waals surface area contributed by atoms with E-state index in [0.29, 0.717) is 0 Å². The maximum Gasteiger partial charge on any atom is 0.416 e. The van der Waals surface area contributed by atoms with Crippen LogP contribution in [0.1, 0.15) is 17.2 Å². The Kier molecular flexibility index (Phi) is 2.91. The van der Waals surface area contributed by atoms with E-state index in [1.54, 1.807) is 0 Å². The van der Waals surface area contributed by atoms with Gasteiger partial charge in [0.15, 0.2) is 0 Å². The highest BCUT2D eigenvalue weighted by Gasteiger charge is 2.37. The molecular formula is C10H8ClF3N2O. The van der Waals surface area contributed by atoms with E-state index in [0.717, 1.165) is 6.07 Å². The number of alkyl halides is 3. The lowest BCUT2D eigenvalue weighted by Gasteiger charge is -2.17. The molecule has 2 rings (SSSR count). The lowest BCUT2D eigenvalue weighted by molar-refractivity contribution is -0.138. The van der Waals surface area contributed by atoms with Crippen LogP contribution in [0.4, 0.5) is 18.0 Å². The Labute approximate surface area is 99.9 Å². The molecule has 0 aliphatic carbocycles. The van der Waals surface area contributed by atoms with Gasteiger partial charge in [-0.15, -0.1) is 0 Å². The first-order valence-electron chi connectivity index (χ1n) is 4.79. The number of hydrogen-bond donors (Lipinski definition) is 2. The molecule has 0 saturated carbocycles. The number of carbonyl (C=O) groups is 1. The van der Waals surface area contributed by atoms with Gasteiger partial charge in [-0.3, -0.25) is 0 Å². The van der Waals surface area contributed by atoms with E-state index < -0.39 is 23.8 Å². The van der Waals surface area contributed by atoms with Gasteiger partial charge in [-0.1, -0.05) is 17.7 Å². The summed E-state index contributed by atoms with van der Waals surface area (Å²) in [6.45, 7) is 0.129. The Balaban J connectivity index is 2.43. The van der Waals surface area contributed by atoms with Crippen LogP contribution in [0.25, 0.3) is 0 Å². The average Bonchev–Trinajstić information content (AvgIpc) is 2.63. The molecule has 1 heterocycles. The molecule has 1 aromatic rings. The van der Waals surface area contributed by atoms with Gasteiger partial charge in [0, 0.05) is 11.6 Å². The second-order valence-electron chi connectivity index (χ2n) is 3.64. The summed E-state index contributed by atoms with van der Waals surface area (Å²) in [6, 6.07) is 2.36. The van der Waals surface area contributed by atoms with Crippen molar-refractivity contribution >= 4 is 17.6 Å². The van der Waals surface area contributed by atoms with E-state index in [1.165, 1.54) is 12.1 Å². The third-order valence-electron chi connectivity index (χ3n) is 2.47. The highest BCUT2D eigenvalue weighted by Crippen LogP contribution is 2.36. The molecule has 0 aromatic heterocycles. The first kappa shape index (κ1) is 12.0. The summed E-state index contributed by atoms with van der Waals surface area (Å²) in [4.78, 5) is 10.9. The van der Waals surface area contributed by atoms with Gasteiger partial charge in [0.1, 0.15) is 0 Å². The summed E-state index contributed by atoms with van der Waals surface area (Å²) in [5.74, 6) is 0. The van der Waals surface area contributed by atoms with Gasteiger partial charge < -0.3 is 10.6 Å². The number of halogens is 4. The molecule has 1 atom stereocenters. The molecule has 1 aliphatic heterocycles. The van der Waals surface area contributed by atoms with Crippen molar-refractivity contribution in [3.8, 4) is 0 Å². The summed E-state index contributed by atoms with van der Waals surface area (Å²) in [5, 5.41) is 4.83. The van der Waals surface area contributed by atoms with Crippen LogP contribution in [0.2, 0.25) is 5.02 Å². The Hall–Kier alpha value is -1.43. The number of carbonyl (C=O) groups excluding carboxylic acids is 1. The van der Waals surface area contributed by atoms with Crippen LogP contribution in [0, 0.1) is 0 Å². The Morgan fingerprint density at radius 1 is 1.35 bits per heavy atom. The number of rotatable bonds is 1. The zero-order valence-corrected chi connectivity index (χ0v) is 9.19. The third kappa shape index (κ3) is 2.46. The Bertz CT molecular complexity index is 461. The van der Waals surface area contributed by atoms with Crippen molar-refractivity contribution in [3.63, 3.8) is 0 Å². The van der Waals surface area contributed by atoms with Crippen molar-refractivity contribution in [3.05, 3.63) is 34.3 Å². The smallest absolute Gasteiger partial charge is 0.336 e. The topological polar surface area (TPSA) is 41.1 Å². The number of amides is 2. The first-order valence-corrected chi connectivity index (χ1v) is 5.17. The average molecular weight is 265 g/mol. The van der Waals surface area contributed by atoms with Gasteiger partial charge in [-0.05, 0) is 17.7 Å². The minimum Gasteiger partial charge on any atom is -0.336 e. The Morgan fingerprint density at radius 2 is 2.06 bits per heavy atom. The summed E-state index contributed by atoms with van der Waals surface area (Å²) >= 11 is 5.56. The monoisotopic (exact) mass is 264 g/mol. The lowest BCUT2D eigenvalue weighted by Crippen LogP contribution is -2.23. The van der Waals surface area contributed by atoms with Crippen molar-refractivity contribution in [2.75, 3.05) is 6.54 Å². The van der Waals surface area contributed by atoms with Crippen molar-refractivity contribution in [1.29, 1.82) is 0 Å². The molecule has 1 saturated heterocycles. The Morgan fingerprint density at radius 3 is 2.59 bits per heavy atom. The molecule has 2 N–H and O–H groups in total. The molecule has 2 amide bonds. The molecular weight excluding hydrogens is 257 g/mol. The summed E-state index contributed by atoms with van der Waals surface area (Å²) in [6.07, 6.45) is -4.49. The van der Waals surface area contributed by atoms with Gasteiger partial charge in [-0.2, -0.15) is 13.2 Å².